The van der Waals surface area contributed by atoms with E-state index in [2.05, 4.69) is 10.2 Å². The highest BCUT2D eigenvalue weighted by molar-refractivity contribution is 5.99. The van der Waals surface area contributed by atoms with E-state index in [0.29, 0.717) is 17.0 Å². The Balaban J connectivity index is 1.74. The molecule has 1 heterocycles. The number of benzene rings is 2. The highest BCUT2D eigenvalue weighted by atomic mass is 16.5. The minimum atomic E-state index is -0.520. The van der Waals surface area contributed by atoms with E-state index in [1.807, 2.05) is 37.3 Å². The standard InChI is InChI=1S/C22H27N3O3/c1-2-16-8-4-5-9-20(16)28-15-21(26)24-18-14-17(22(23)27)10-11-19(18)25-12-6-3-7-13-25/h4-5,8-11,14H,2-3,6-7,12-13,15H2,1H3,(H2,23,27)(H,24,26). The second-order valence-electron chi connectivity index (χ2n) is 6.94. The van der Waals surface area contributed by atoms with E-state index in [1.54, 1.807) is 12.1 Å². The number of nitrogens with one attached hydrogen (secondary N) is 1. The Labute approximate surface area is 165 Å². The van der Waals surface area contributed by atoms with E-state index in [4.69, 9.17) is 10.5 Å². The van der Waals surface area contributed by atoms with Crippen molar-refractivity contribution in [1.29, 1.82) is 0 Å². The minimum absolute atomic E-state index is 0.0999. The molecular weight excluding hydrogens is 354 g/mol. The van der Waals surface area contributed by atoms with Gasteiger partial charge >= 0.3 is 0 Å². The molecule has 0 aromatic heterocycles. The van der Waals surface area contributed by atoms with Gasteiger partial charge < -0.3 is 20.7 Å². The fourth-order valence-corrected chi connectivity index (χ4v) is 3.47. The summed E-state index contributed by atoms with van der Waals surface area (Å²) < 4.78 is 5.71. The number of para-hydroxylation sites is 1. The number of nitrogens with two attached hydrogens (primary N) is 1. The van der Waals surface area contributed by atoms with Gasteiger partial charge in [-0.2, -0.15) is 0 Å². The normalized spacial score (nSPS) is 13.8. The summed E-state index contributed by atoms with van der Waals surface area (Å²) in [4.78, 5) is 26.3. The van der Waals surface area contributed by atoms with E-state index in [1.165, 1.54) is 6.42 Å². The van der Waals surface area contributed by atoms with Crippen LogP contribution in [-0.4, -0.2) is 31.5 Å². The first-order valence-electron chi connectivity index (χ1n) is 9.78. The van der Waals surface area contributed by atoms with Crippen molar-refractivity contribution < 1.29 is 14.3 Å². The lowest BCUT2D eigenvalue weighted by atomic mass is 10.1. The molecule has 1 aliphatic heterocycles. The van der Waals surface area contributed by atoms with Gasteiger partial charge in [-0.25, -0.2) is 0 Å². The molecule has 0 radical (unpaired) electrons. The maximum absolute atomic E-state index is 12.5. The average Bonchev–Trinajstić information content (AvgIpc) is 2.73. The molecule has 0 saturated carbocycles. The Kier molecular flexibility index (Phi) is 6.53. The molecule has 28 heavy (non-hydrogen) atoms. The van der Waals surface area contributed by atoms with Crippen molar-refractivity contribution in [1.82, 2.24) is 0 Å². The zero-order chi connectivity index (χ0) is 19.9. The first-order chi connectivity index (χ1) is 13.6. The lowest BCUT2D eigenvalue weighted by Gasteiger charge is -2.30. The van der Waals surface area contributed by atoms with Crippen LogP contribution in [0.15, 0.2) is 42.5 Å². The van der Waals surface area contributed by atoms with Crippen LogP contribution in [0.2, 0.25) is 0 Å². The van der Waals surface area contributed by atoms with Crippen molar-refractivity contribution in [2.45, 2.75) is 32.6 Å². The molecule has 6 nitrogen and oxygen atoms in total. The Morgan fingerprint density at radius 3 is 2.57 bits per heavy atom. The zero-order valence-electron chi connectivity index (χ0n) is 16.2. The number of carbonyl (C=O) groups is 2. The number of amides is 2. The van der Waals surface area contributed by atoms with Crippen LogP contribution in [0, 0.1) is 0 Å². The van der Waals surface area contributed by atoms with Gasteiger partial charge in [-0.05, 0) is 55.5 Å². The third-order valence-electron chi connectivity index (χ3n) is 4.96. The number of hydrogen-bond donors (Lipinski definition) is 2. The van der Waals surface area contributed by atoms with Crippen LogP contribution in [0.5, 0.6) is 5.75 Å². The molecule has 3 N–H and O–H groups in total. The van der Waals surface area contributed by atoms with Gasteiger partial charge in [-0.1, -0.05) is 25.1 Å². The summed E-state index contributed by atoms with van der Waals surface area (Å²) in [6, 6.07) is 12.9. The summed E-state index contributed by atoms with van der Waals surface area (Å²) in [5, 5.41) is 2.90. The maximum atomic E-state index is 12.5. The molecule has 1 fully saturated rings. The number of aryl methyl sites for hydroxylation is 1. The monoisotopic (exact) mass is 381 g/mol. The number of carbonyl (C=O) groups excluding carboxylic acids is 2. The number of nitrogens with zero attached hydrogens (tertiary/aromatic N) is 1. The highest BCUT2D eigenvalue weighted by Crippen LogP contribution is 2.30. The van der Waals surface area contributed by atoms with Gasteiger partial charge in [-0.15, -0.1) is 0 Å². The highest BCUT2D eigenvalue weighted by Gasteiger charge is 2.18. The van der Waals surface area contributed by atoms with Crippen LogP contribution in [0.4, 0.5) is 11.4 Å². The van der Waals surface area contributed by atoms with E-state index in [9.17, 15) is 9.59 Å². The fraction of sp³-hybridized carbons (Fsp3) is 0.364. The van der Waals surface area contributed by atoms with Crippen molar-refractivity contribution in [2.75, 3.05) is 29.9 Å². The molecule has 0 aliphatic carbocycles. The van der Waals surface area contributed by atoms with E-state index in [-0.39, 0.29) is 12.5 Å². The molecule has 6 heteroatoms. The predicted molar refractivity (Wildman–Crippen MR) is 111 cm³/mol. The quantitative estimate of drug-likeness (QED) is 0.770. The van der Waals surface area contributed by atoms with Crippen molar-refractivity contribution >= 4 is 23.2 Å². The lowest BCUT2D eigenvalue weighted by Crippen LogP contribution is -2.31. The van der Waals surface area contributed by atoms with Crippen molar-refractivity contribution in [3.63, 3.8) is 0 Å². The van der Waals surface area contributed by atoms with Crippen LogP contribution < -0.4 is 20.7 Å². The smallest absolute Gasteiger partial charge is 0.262 e. The van der Waals surface area contributed by atoms with E-state index < -0.39 is 5.91 Å². The van der Waals surface area contributed by atoms with Gasteiger partial charge in [0.15, 0.2) is 6.61 Å². The van der Waals surface area contributed by atoms with E-state index in [0.717, 1.165) is 43.6 Å². The molecule has 0 atom stereocenters. The molecule has 2 amide bonds. The van der Waals surface area contributed by atoms with Crippen LogP contribution in [0.25, 0.3) is 0 Å². The van der Waals surface area contributed by atoms with Gasteiger partial charge in [-0.3, -0.25) is 9.59 Å². The van der Waals surface area contributed by atoms with Crippen molar-refractivity contribution in [3.05, 3.63) is 53.6 Å². The molecule has 2 aromatic carbocycles. The number of hydrogen-bond acceptors (Lipinski definition) is 4. The largest absolute Gasteiger partial charge is 0.483 e. The van der Waals surface area contributed by atoms with Crippen LogP contribution >= 0.6 is 0 Å². The van der Waals surface area contributed by atoms with Crippen molar-refractivity contribution in [2.24, 2.45) is 5.73 Å². The number of piperidine rings is 1. The number of anilines is 2. The predicted octanol–water partition coefficient (Wildman–Crippen LogP) is 3.36. The Hall–Kier alpha value is -3.02. The van der Waals surface area contributed by atoms with Gasteiger partial charge in [0.2, 0.25) is 5.91 Å². The lowest BCUT2D eigenvalue weighted by molar-refractivity contribution is -0.118. The van der Waals surface area contributed by atoms with Gasteiger partial charge in [0.1, 0.15) is 5.75 Å². The molecule has 0 spiro atoms. The first-order valence-corrected chi connectivity index (χ1v) is 9.78. The van der Waals surface area contributed by atoms with Gasteiger partial charge in [0.05, 0.1) is 11.4 Å². The molecule has 2 aromatic rings. The molecular formula is C22H27N3O3. The second-order valence-corrected chi connectivity index (χ2v) is 6.94. The summed E-state index contributed by atoms with van der Waals surface area (Å²) in [6.07, 6.45) is 4.27. The van der Waals surface area contributed by atoms with Gasteiger partial charge in [0.25, 0.3) is 5.91 Å². The SMILES string of the molecule is CCc1ccccc1OCC(=O)Nc1cc(C(N)=O)ccc1N1CCCCC1. The first kappa shape index (κ1) is 19.7. The molecule has 3 rings (SSSR count). The Morgan fingerprint density at radius 1 is 1.11 bits per heavy atom. The van der Waals surface area contributed by atoms with Crippen molar-refractivity contribution in [3.8, 4) is 5.75 Å². The molecule has 0 bridgehead atoms. The summed E-state index contributed by atoms with van der Waals surface area (Å²) >= 11 is 0. The minimum Gasteiger partial charge on any atom is -0.483 e. The average molecular weight is 381 g/mol. The molecule has 148 valence electrons. The molecule has 1 saturated heterocycles. The Morgan fingerprint density at radius 2 is 1.86 bits per heavy atom. The zero-order valence-corrected chi connectivity index (χ0v) is 16.2. The summed E-state index contributed by atoms with van der Waals surface area (Å²) in [6.45, 7) is 3.80. The summed E-state index contributed by atoms with van der Waals surface area (Å²) in [7, 11) is 0. The third-order valence-corrected chi connectivity index (χ3v) is 4.96. The van der Waals surface area contributed by atoms with Crippen LogP contribution in [-0.2, 0) is 11.2 Å². The molecule has 1 aliphatic rings. The van der Waals surface area contributed by atoms with Gasteiger partial charge in [0, 0.05) is 18.7 Å². The van der Waals surface area contributed by atoms with Crippen LogP contribution in [0.1, 0.15) is 42.1 Å². The number of ether oxygens (including phenoxy) is 1. The third kappa shape index (κ3) is 4.82. The number of rotatable bonds is 7. The second kappa shape index (κ2) is 9.26. The molecule has 0 unspecified atom stereocenters. The number of primary amides is 1. The maximum Gasteiger partial charge on any atom is 0.262 e. The Bertz CT molecular complexity index is 845. The topological polar surface area (TPSA) is 84.7 Å². The fourth-order valence-electron chi connectivity index (χ4n) is 3.47. The van der Waals surface area contributed by atoms with E-state index >= 15 is 0 Å². The summed E-state index contributed by atoms with van der Waals surface area (Å²) in [5.74, 6) is -0.0816. The summed E-state index contributed by atoms with van der Waals surface area (Å²) in [5.41, 5.74) is 8.35. The van der Waals surface area contributed by atoms with Crippen LogP contribution in [0.3, 0.4) is 0 Å².